The lowest BCUT2D eigenvalue weighted by Gasteiger charge is -2.14. The first-order chi connectivity index (χ1) is 14.2. The van der Waals surface area contributed by atoms with Crippen LogP contribution in [0.2, 0.25) is 0 Å². The fraction of sp³-hybridized carbons (Fsp3) is 0.227. The number of hydrogen-bond acceptors (Lipinski definition) is 7. The fourth-order valence-electron chi connectivity index (χ4n) is 3.04. The van der Waals surface area contributed by atoms with Crippen LogP contribution in [0, 0.1) is 0 Å². The van der Waals surface area contributed by atoms with Crippen LogP contribution >= 0.6 is 11.3 Å². The lowest BCUT2D eigenvalue weighted by atomic mass is 10.0. The predicted molar refractivity (Wildman–Crippen MR) is 118 cm³/mol. The van der Waals surface area contributed by atoms with E-state index in [1.807, 2.05) is 50.5 Å². The Kier molecular flexibility index (Phi) is 5.97. The smallest absolute Gasteiger partial charge is 0.139 e. The first-order valence-corrected chi connectivity index (χ1v) is 10.3. The second kappa shape index (κ2) is 8.98. The van der Waals surface area contributed by atoms with Gasteiger partial charge in [-0.25, -0.2) is 9.97 Å². The Balaban J connectivity index is 1.67. The standard InChI is InChI=1S/C22H23N5OS/c1-27(2)11-12-28-19-9-4-3-8-17(19)18-14-29-22-20(18)21(25-15-26-22)24-13-16-7-5-6-10-23-16/h3-10,14-15H,11-13H2,1-2H3,(H,24,25,26). The molecule has 29 heavy (non-hydrogen) atoms. The van der Waals surface area contributed by atoms with E-state index in [-0.39, 0.29) is 0 Å². The Labute approximate surface area is 174 Å². The molecule has 0 saturated carbocycles. The van der Waals surface area contributed by atoms with Gasteiger partial charge in [-0.05, 0) is 32.3 Å². The lowest BCUT2D eigenvalue weighted by molar-refractivity contribution is 0.262. The number of fused-ring (bicyclic) bond motifs is 1. The van der Waals surface area contributed by atoms with Crippen LogP contribution in [0.4, 0.5) is 5.82 Å². The summed E-state index contributed by atoms with van der Waals surface area (Å²) in [4.78, 5) is 16.4. The van der Waals surface area contributed by atoms with Crippen LogP contribution in [0.5, 0.6) is 5.75 Å². The van der Waals surface area contributed by atoms with Crippen molar-refractivity contribution in [2.75, 3.05) is 32.6 Å². The van der Waals surface area contributed by atoms with Gasteiger partial charge < -0.3 is 15.0 Å². The summed E-state index contributed by atoms with van der Waals surface area (Å²) < 4.78 is 6.08. The van der Waals surface area contributed by atoms with Crippen molar-refractivity contribution in [2.45, 2.75) is 6.54 Å². The van der Waals surface area contributed by atoms with Crippen molar-refractivity contribution in [3.05, 3.63) is 66.1 Å². The van der Waals surface area contributed by atoms with E-state index in [9.17, 15) is 0 Å². The van der Waals surface area contributed by atoms with E-state index in [1.54, 1.807) is 23.9 Å². The molecule has 0 spiro atoms. The van der Waals surface area contributed by atoms with Gasteiger partial charge in [0, 0.05) is 29.2 Å². The molecule has 0 bridgehead atoms. The maximum atomic E-state index is 6.08. The van der Waals surface area contributed by atoms with Crippen molar-refractivity contribution in [2.24, 2.45) is 0 Å². The van der Waals surface area contributed by atoms with Gasteiger partial charge in [0.25, 0.3) is 0 Å². The second-order valence-electron chi connectivity index (χ2n) is 6.87. The summed E-state index contributed by atoms with van der Waals surface area (Å²) in [5, 5.41) is 6.56. The van der Waals surface area contributed by atoms with Gasteiger partial charge in [-0.1, -0.05) is 24.3 Å². The molecule has 4 rings (SSSR count). The van der Waals surface area contributed by atoms with Crippen molar-refractivity contribution in [3.63, 3.8) is 0 Å². The summed E-state index contributed by atoms with van der Waals surface area (Å²) in [6, 6.07) is 14.0. The Hall–Kier alpha value is -3.03. The highest BCUT2D eigenvalue weighted by molar-refractivity contribution is 7.17. The first kappa shape index (κ1) is 19.3. The average Bonchev–Trinajstić information content (AvgIpc) is 3.18. The van der Waals surface area contributed by atoms with Gasteiger partial charge in [0.1, 0.15) is 29.3 Å². The molecule has 1 aromatic carbocycles. The van der Waals surface area contributed by atoms with E-state index in [1.165, 1.54) is 0 Å². The summed E-state index contributed by atoms with van der Waals surface area (Å²) in [5.74, 6) is 1.67. The molecule has 3 aromatic heterocycles. The van der Waals surface area contributed by atoms with Crippen molar-refractivity contribution >= 4 is 27.4 Å². The third-order valence-electron chi connectivity index (χ3n) is 4.51. The molecule has 0 saturated heterocycles. The molecule has 1 N–H and O–H groups in total. The lowest BCUT2D eigenvalue weighted by Crippen LogP contribution is -2.19. The summed E-state index contributed by atoms with van der Waals surface area (Å²) in [6.07, 6.45) is 3.40. The number of aromatic nitrogens is 3. The van der Waals surface area contributed by atoms with Crippen LogP contribution in [0.3, 0.4) is 0 Å². The average molecular weight is 406 g/mol. The number of nitrogens with zero attached hydrogens (tertiary/aromatic N) is 4. The van der Waals surface area contributed by atoms with Gasteiger partial charge in [-0.3, -0.25) is 4.98 Å². The van der Waals surface area contributed by atoms with Gasteiger partial charge in [0.2, 0.25) is 0 Å². The molecule has 7 heteroatoms. The van der Waals surface area contributed by atoms with Crippen LogP contribution in [-0.4, -0.2) is 47.1 Å². The fourth-order valence-corrected chi connectivity index (χ4v) is 3.94. The van der Waals surface area contributed by atoms with Crippen molar-refractivity contribution < 1.29 is 4.74 Å². The highest BCUT2D eigenvalue weighted by Crippen LogP contribution is 2.40. The third kappa shape index (κ3) is 4.52. The van der Waals surface area contributed by atoms with Crippen molar-refractivity contribution in [1.29, 1.82) is 0 Å². The number of rotatable bonds is 8. The monoisotopic (exact) mass is 405 g/mol. The molecule has 3 heterocycles. The van der Waals surface area contributed by atoms with Crippen molar-refractivity contribution in [1.82, 2.24) is 19.9 Å². The number of thiophene rings is 1. The highest BCUT2D eigenvalue weighted by atomic mass is 32.1. The Bertz CT molecular complexity index is 1080. The second-order valence-corrected chi connectivity index (χ2v) is 7.73. The molecule has 0 radical (unpaired) electrons. The molecule has 0 fully saturated rings. The number of nitrogens with one attached hydrogen (secondary N) is 1. The van der Waals surface area contributed by atoms with E-state index >= 15 is 0 Å². The number of anilines is 1. The van der Waals surface area contributed by atoms with Gasteiger partial charge >= 0.3 is 0 Å². The van der Waals surface area contributed by atoms with Crippen LogP contribution in [0.15, 0.2) is 60.4 Å². The van der Waals surface area contributed by atoms with Crippen LogP contribution in [0.25, 0.3) is 21.3 Å². The van der Waals surface area contributed by atoms with Crippen LogP contribution in [-0.2, 0) is 6.54 Å². The van der Waals surface area contributed by atoms with E-state index in [0.29, 0.717) is 13.2 Å². The number of benzene rings is 1. The minimum atomic E-state index is 0.600. The maximum absolute atomic E-state index is 6.08. The summed E-state index contributed by atoms with van der Waals surface area (Å²) in [5.41, 5.74) is 3.09. The number of para-hydroxylation sites is 1. The van der Waals surface area contributed by atoms with E-state index in [2.05, 4.69) is 36.6 Å². The molecular formula is C22H23N5OS. The normalized spacial score (nSPS) is 11.1. The van der Waals surface area contributed by atoms with Crippen LogP contribution < -0.4 is 10.1 Å². The van der Waals surface area contributed by atoms with Gasteiger partial charge in [-0.15, -0.1) is 11.3 Å². The van der Waals surface area contributed by atoms with Gasteiger partial charge in [-0.2, -0.15) is 0 Å². The zero-order chi connectivity index (χ0) is 20.1. The summed E-state index contributed by atoms with van der Waals surface area (Å²) >= 11 is 1.61. The van der Waals surface area contributed by atoms with Gasteiger partial charge in [0.05, 0.1) is 17.6 Å². The molecule has 0 aliphatic carbocycles. The summed E-state index contributed by atoms with van der Waals surface area (Å²) in [7, 11) is 4.08. The Morgan fingerprint density at radius 2 is 1.86 bits per heavy atom. The number of pyridine rings is 1. The largest absolute Gasteiger partial charge is 0.492 e. The van der Waals surface area contributed by atoms with E-state index < -0.39 is 0 Å². The molecule has 0 amide bonds. The predicted octanol–water partition coefficient (Wildman–Crippen LogP) is 4.31. The third-order valence-corrected chi connectivity index (χ3v) is 5.39. The van der Waals surface area contributed by atoms with E-state index in [0.717, 1.165) is 45.1 Å². The molecule has 0 unspecified atom stereocenters. The SMILES string of the molecule is CN(C)CCOc1ccccc1-c1csc2ncnc(NCc3ccccn3)c12. The zero-order valence-electron chi connectivity index (χ0n) is 16.5. The zero-order valence-corrected chi connectivity index (χ0v) is 17.3. The minimum Gasteiger partial charge on any atom is -0.492 e. The van der Waals surface area contributed by atoms with Crippen molar-refractivity contribution in [3.8, 4) is 16.9 Å². The Morgan fingerprint density at radius 3 is 2.69 bits per heavy atom. The topological polar surface area (TPSA) is 63.2 Å². The molecular weight excluding hydrogens is 382 g/mol. The first-order valence-electron chi connectivity index (χ1n) is 9.45. The molecule has 148 valence electrons. The maximum Gasteiger partial charge on any atom is 0.139 e. The quantitative estimate of drug-likeness (QED) is 0.471. The van der Waals surface area contributed by atoms with Gasteiger partial charge in [0.15, 0.2) is 0 Å². The number of likely N-dealkylation sites (N-methyl/N-ethyl adjacent to an activating group) is 1. The number of ether oxygens (including phenoxy) is 1. The summed E-state index contributed by atoms with van der Waals surface area (Å²) in [6.45, 7) is 2.09. The molecule has 6 nitrogen and oxygen atoms in total. The van der Waals surface area contributed by atoms with Crippen LogP contribution in [0.1, 0.15) is 5.69 Å². The highest BCUT2D eigenvalue weighted by Gasteiger charge is 2.16. The molecule has 0 atom stereocenters. The Morgan fingerprint density at radius 1 is 1.00 bits per heavy atom. The molecule has 4 aromatic rings. The minimum absolute atomic E-state index is 0.600. The number of hydrogen-bond donors (Lipinski definition) is 1. The molecule has 0 aliphatic rings. The molecule has 0 aliphatic heterocycles. The van der Waals surface area contributed by atoms with E-state index in [4.69, 9.17) is 4.74 Å².